The number of sulfonamides is 1. The molecule has 0 spiro atoms. The molecule has 9 heteroatoms. The van der Waals surface area contributed by atoms with Gasteiger partial charge in [-0.05, 0) is 25.1 Å². The number of aromatic carboxylic acids is 1. The molecule has 20 heavy (non-hydrogen) atoms. The molecular weight excluding hydrogens is 286 g/mol. The summed E-state index contributed by atoms with van der Waals surface area (Å²) < 4.78 is 31.2. The molecule has 0 saturated heterocycles. The Kier molecular flexibility index (Phi) is 3.36. The summed E-state index contributed by atoms with van der Waals surface area (Å²) in [6.07, 6.45) is 1.26. The van der Waals surface area contributed by atoms with E-state index < -0.39 is 26.5 Å². The minimum atomic E-state index is -4.14. The standard InChI is InChI=1S/C11H11N3O5S/c1-6-5-19-11(13-6)14-20(17,18)9-3-2-7(12)4-8(9)10(15)16/h2-5H,12H2,1H3,(H,13,14)(H,15,16). The number of nitrogens with zero attached hydrogens (tertiary/aromatic N) is 1. The van der Waals surface area contributed by atoms with Crippen molar-refractivity contribution < 1.29 is 22.7 Å². The summed E-state index contributed by atoms with van der Waals surface area (Å²) in [6, 6.07) is 3.23. The number of carbonyl (C=O) groups is 1. The van der Waals surface area contributed by atoms with Gasteiger partial charge in [-0.1, -0.05) is 0 Å². The summed E-state index contributed by atoms with van der Waals surface area (Å²) >= 11 is 0. The van der Waals surface area contributed by atoms with E-state index >= 15 is 0 Å². The Bertz CT molecular complexity index is 766. The van der Waals surface area contributed by atoms with E-state index in [1.807, 2.05) is 0 Å². The molecule has 0 bridgehead atoms. The van der Waals surface area contributed by atoms with E-state index in [-0.39, 0.29) is 11.7 Å². The third-order valence-electron chi connectivity index (χ3n) is 2.36. The molecule has 1 aromatic heterocycles. The number of hydrogen-bond acceptors (Lipinski definition) is 6. The van der Waals surface area contributed by atoms with E-state index in [1.165, 1.54) is 12.3 Å². The SMILES string of the molecule is Cc1coc(NS(=O)(=O)c2ccc(N)cc2C(=O)O)n1. The Labute approximate surface area is 114 Å². The first-order valence-corrected chi connectivity index (χ1v) is 6.85. The molecule has 0 unspecified atom stereocenters. The first-order chi connectivity index (χ1) is 9.29. The van der Waals surface area contributed by atoms with Crippen LogP contribution in [0.4, 0.5) is 11.7 Å². The summed E-state index contributed by atoms with van der Waals surface area (Å²) in [6.45, 7) is 1.62. The van der Waals surface area contributed by atoms with E-state index in [4.69, 9.17) is 15.3 Å². The van der Waals surface area contributed by atoms with E-state index in [9.17, 15) is 13.2 Å². The summed E-state index contributed by atoms with van der Waals surface area (Å²) in [5.74, 6) is -1.40. The lowest BCUT2D eigenvalue weighted by molar-refractivity contribution is 0.0692. The van der Waals surface area contributed by atoms with E-state index in [1.54, 1.807) is 6.92 Å². The van der Waals surface area contributed by atoms with E-state index in [0.717, 1.165) is 12.1 Å². The number of nitrogen functional groups attached to an aromatic ring is 1. The van der Waals surface area contributed by atoms with Crippen LogP contribution in [0.3, 0.4) is 0 Å². The fraction of sp³-hybridized carbons (Fsp3) is 0.0909. The zero-order chi connectivity index (χ0) is 14.9. The fourth-order valence-electron chi connectivity index (χ4n) is 1.52. The Morgan fingerprint density at radius 1 is 1.45 bits per heavy atom. The van der Waals surface area contributed by atoms with Gasteiger partial charge in [0.1, 0.15) is 11.2 Å². The lowest BCUT2D eigenvalue weighted by Crippen LogP contribution is -2.17. The molecule has 1 heterocycles. The highest BCUT2D eigenvalue weighted by atomic mass is 32.2. The molecule has 0 aliphatic carbocycles. The van der Waals surface area contributed by atoms with Crippen molar-refractivity contribution in [2.75, 3.05) is 10.5 Å². The average Bonchev–Trinajstić information content (AvgIpc) is 2.73. The Morgan fingerprint density at radius 3 is 2.70 bits per heavy atom. The maximum Gasteiger partial charge on any atom is 0.337 e. The van der Waals surface area contributed by atoms with Crippen LogP contribution in [0.2, 0.25) is 0 Å². The second-order valence-corrected chi connectivity index (χ2v) is 5.61. The van der Waals surface area contributed by atoms with Crippen molar-refractivity contribution in [3.05, 3.63) is 35.7 Å². The molecule has 1 aromatic carbocycles. The first-order valence-electron chi connectivity index (χ1n) is 5.37. The molecule has 106 valence electrons. The second-order valence-electron chi connectivity index (χ2n) is 3.96. The van der Waals surface area contributed by atoms with Gasteiger partial charge in [0.25, 0.3) is 10.0 Å². The Morgan fingerprint density at radius 2 is 2.15 bits per heavy atom. The molecule has 8 nitrogen and oxygen atoms in total. The molecule has 0 aliphatic rings. The third kappa shape index (κ3) is 2.72. The lowest BCUT2D eigenvalue weighted by Gasteiger charge is -2.08. The molecule has 0 atom stereocenters. The molecule has 0 fully saturated rings. The highest BCUT2D eigenvalue weighted by Crippen LogP contribution is 2.21. The van der Waals surface area contributed by atoms with Crippen LogP contribution in [-0.2, 0) is 10.0 Å². The van der Waals surface area contributed by atoms with Gasteiger partial charge in [0, 0.05) is 5.69 Å². The van der Waals surface area contributed by atoms with Crippen molar-refractivity contribution in [1.82, 2.24) is 4.98 Å². The van der Waals surface area contributed by atoms with Gasteiger partial charge in [-0.3, -0.25) is 0 Å². The zero-order valence-corrected chi connectivity index (χ0v) is 11.1. The van der Waals surface area contributed by atoms with Crippen molar-refractivity contribution >= 4 is 27.7 Å². The number of anilines is 2. The number of aromatic nitrogens is 1. The number of oxazole rings is 1. The van der Waals surface area contributed by atoms with Crippen LogP contribution in [0.1, 0.15) is 16.1 Å². The summed E-state index contributed by atoms with van der Waals surface area (Å²) in [7, 11) is -4.14. The van der Waals surface area contributed by atoms with Crippen LogP contribution in [0.25, 0.3) is 0 Å². The van der Waals surface area contributed by atoms with Crippen molar-refractivity contribution in [3.63, 3.8) is 0 Å². The number of aryl methyl sites for hydroxylation is 1. The van der Waals surface area contributed by atoms with Crippen molar-refractivity contribution in [2.45, 2.75) is 11.8 Å². The maximum absolute atomic E-state index is 12.1. The van der Waals surface area contributed by atoms with Gasteiger partial charge in [0.2, 0.25) is 0 Å². The van der Waals surface area contributed by atoms with Crippen LogP contribution in [0.5, 0.6) is 0 Å². The Hall–Kier alpha value is -2.55. The number of rotatable bonds is 4. The fourth-order valence-corrected chi connectivity index (χ4v) is 2.64. The lowest BCUT2D eigenvalue weighted by atomic mass is 10.2. The number of hydrogen-bond donors (Lipinski definition) is 3. The normalized spacial score (nSPS) is 11.2. The Balaban J connectivity index is 2.46. The summed E-state index contributed by atoms with van der Waals surface area (Å²) in [4.78, 5) is 14.5. The molecule has 0 saturated carbocycles. The van der Waals surface area contributed by atoms with Gasteiger partial charge >= 0.3 is 12.0 Å². The van der Waals surface area contributed by atoms with Crippen LogP contribution in [0.15, 0.2) is 33.8 Å². The van der Waals surface area contributed by atoms with Gasteiger partial charge in [-0.15, -0.1) is 0 Å². The van der Waals surface area contributed by atoms with Crippen molar-refractivity contribution in [1.29, 1.82) is 0 Å². The number of nitrogens with one attached hydrogen (secondary N) is 1. The van der Waals surface area contributed by atoms with Crippen LogP contribution < -0.4 is 10.5 Å². The summed E-state index contributed by atoms with van der Waals surface area (Å²) in [5.41, 5.74) is 5.66. The van der Waals surface area contributed by atoms with Gasteiger partial charge in [0.05, 0.1) is 11.3 Å². The first kappa shape index (κ1) is 13.9. The molecule has 0 aliphatic heterocycles. The number of carboxylic acids is 1. The second kappa shape index (κ2) is 4.85. The highest BCUT2D eigenvalue weighted by Gasteiger charge is 2.24. The largest absolute Gasteiger partial charge is 0.478 e. The van der Waals surface area contributed by atoms with Gasteiger partial charge in [-0.2, -0.15) is 4.98 Å². The van der Waals surface area contributed by atoms with Crippen LogP contribution >= 0.6 is 0 Å². The number of carboxylic acid groups (broad SMARTS) is 1. The van der Waals surface area contributed by atoms with E-state index in [2.05, 4.69) is 9.71 Å². The van der Waals surface area contributed by atoms with Gasteiger partial charge in [0.15, 0.2) is 0 Å². The minimum absolute atomic E-state index is 0.147. The molecule has 2 aromatic rings. The zero-order valence-electron chi connectivity index (χ0n) is 10.3. The van der Waals surface area contributed by atoms with E-state index in [0.29, 0.717) is 5.69 Å². The topological polar surface area (TPSA) is 136 Å². The highest BCUT2D eigenvalue weighted by molar-refractivity contribution is 7.92. The molecule has 2 rings (SSSR count). The number of benzene rings is 1. The van der Waals surface area contributed by atoms with Crippen LogP contribution in [-0.4, -0.2) is 24.5 Å². The summed E-state index contributed by atoms with van der Waals surface area (Å²) in [5, 5.41) is 9.04. The smallest absolute Gasteiger partial charge is 0.337 e. The van der Waals surface area contributed by atoms with Crippen LogP contribution in [0, 0.1) is 6.92 Å². The van der Waals surface area contributed by atoms with Gasteiger partial charge in [-0.25, -0.2) is 17.9 Å². The monoisotopic (exact) mass is 297 g/mol. The number of nitrogens with two attached hydrogens (primary N) is 1. The molecule has 4 N–H and O–H groups in total. The minimum Gasteiger partial charge on any atom is -0.478 e. The molecule has 0 amide bonds. The van der Waals surface area contributed by atoms with Crippen molar-refractivity contribution in [2.24, 2.45) is 0 Å². The maximum atomic E-state index is 12.1. The average molecular weight is 297 g/mol. The quantitative estimate of drug-likeness (QED) is 0.718. The molecular formula is C11H11N3O5S. The molecule has 0 radical (unpaired) electrons. The predicted molar refractivity (Wildman–Crippen MR) is 69.9 cm³/mol. The third-order valence-corrected chi connectivity index (χ3v) is 3.74. The van der Waals surface area contributed by atoms with Crippen molar-refractivity contribution in [3.8, 4) is 0 Å². The predicted octanol–water partition coefficient (Wildman–Crippen LogP) is 1.06. The van der Waals surface area contributed by atoms with Gasteiger partial charge < -0.3 is 15.3 Å².